The van der Waals surface area contributed by atoms with Crippen molar-refractivity contribution < 1.29 is 4.79 Å². The van der Waals surface area contributed by atoms with E-state index in [9.17, 15) is 4.79 Å². The second kappa shape index (κ2) is 6.55. The van der Waals surface area contributed by atoms with Gasteiger partial charge in [0.15, 0.2) is 0 Å². The van der Waals surface area contributed by atoms with Crippen molar-refractivity contribution in [3.63, 3.8) is 0 Å². The SMILES string of the molecule is CCC(C)(C)NC(=O)C(C)NC(C)C1CCCC1. The van der Waals surface area contributed by atoms with Gasteiger partial charge in [-0.25, -0.2) is 0 Å². The smallest absolute Gasteiger partial charge is 0.237 e. The lowest BCUT2D eigenvalue weighted by Crippen LogP contribution is -2.53. The van der Waals surface area contributed by atoms with Crippen molar-refractivity contribution in [2.24, 2.45) is 5.92 Å². The minimum atomic E-state index is -0.108. The molecule has 0 saturated heterocycles. The number of rotatable bonds is 6. The topological polar surface area (TPSA) is 41.1 Å². The van der Waals surface area contributed by atoms with Gasteiger partial charge < -0.3 is 10.6 Å². The maximum atomic E-state index is 12.1. The fraction of sp³-hybridized carbons (Fsp3) is 0.933. The highest BCUT2D eigenvalue weighted by Gasteiger charge is 2.26. The number of hydrogen-bond donors (Lipinski definition) is 2. The highest BCUT2D eigenvalue weighted by Crippen LogP contribution is 2.27. The standard InChI is InChI=1S/C15H30N2O/c1-6-15(4,5)17-14(18)12(3)16-11(2)13-9-7-8-10-13/h11-13,16H,6-10H2,1-5H3,(H,17,18). The Morgan fingerprint density at radius 3 is 2.33 bits per heavy atom. The lowest BCUT2D eigenvalue weighted by atomic mass is 9.98. The van der Waals surface area contributed by atoms with Gasteiger partial charge in [0.25, 0.3) is 0 Å². The van der Waals surface area contributed by atoms with Gasteiger partial charge in [-0.3, -0.25) is 4.79 Å². The maximum Gasteiger partial charge on any atom is 0.237 e. The predicted octanol–water partition coefficient (Wildman–Crippen LogP) is 2.85. The fourth-order valence-corrected chi connectivity index (χ4v) is 2.59. The lowest BCUT2D eigenvalue weighted by molar-refractivity contribution is -0.124. The average Bonchev–Trinajstić information content (AvgIpc) is 2.81. The van der Waals surface area contributed by atoms with Crippen LogP contribution in [0, 0.1) is 5.92 Å². The van der Waals surface area contributed by atoms with E-state index in [2.05, 4.69) is 38.3 Å². The molecule has 0 bridgehead atoms. The molecular weight excluding hydrogens is 224 g/mol. The minimum Gasteiger partial charge on any atom is -0.350 e. The van der Waals surface area contributed by atoms with Gasteiger partial charge in [0.1, 0.15) is 0 Å². The van der Waals surface area contributed by atoms with Crippen LogP contribution in [0.5, 0.6) is 0 Å². The van der Waals surface area contributed by atoms with E-state index in [1.807, 2.05) is 6.92 Å². The van der Waals surface area contributed by atoms with E-state index in [0.717, 1.165) is 12.3 Å². The molecule has 0 aliphatic heterocycles. The van der Waals surface area contributed by atoms with Crippen LogP contribution in [-0.4, -0.2) is 23.5 Å². The van der Waals surface area contributed by atoms with E-state index in [1.165, 1.54) is 25.7 Å². The summed E-state index contributed by atoms with van der Waals surface area (Å²) in [6.45, 7) is 10.4. The molecule has 1 amide bonds. The largest absolute Gasteiger partial charge is 0.350 e. The number of amides is 1. The quantitative estimate of drug-likeness (QED) is 0.765. The number of carbonyl (C=O) groups is 1. The molecule has 0 radical (unpaired) electrons. The fourth-order valence-electron chi connectivity index (χ4n) is 2.59. The lowest BCUT2D eigenvalue weighted by Gasteiger charge is -2.29. The summed E-state index contributed by atoms with van der Waals surface area (Å²) in [5, 5.41) is 6.56. The molecule has 1 fully saturated rings. The van der Waals surface area contributed by atoms with Crippen LogP contribution in [0.3, 0.4) is 0 Å². The zero-order valence-corrected chi connectivity index (χ0v) is 12.7. The van der Waals surface area contributed by atoms with Gasteiger partial charge in [-0.05, 0) is 52.9 Å². The van der Waals surface area contributed by atoms with Crippen molar-refractivity contribution in [1.29, 1.82) is 0 Å². The van der Waals surface area contributed by atoms with Crippen molar-refractivity contribution in [2.75, 3.05) is 0 Å². The van der Waals surface area contributed by atoms with Crippen LogP contribution < -0.4 is 10.6 Å². The molecule has 3 nitrogen and oxygen atoms in total. The van der Waals surface area contributed by atoms with Crippen molar-refractivity contribution in [3.05, 3.63) is 0 Å². The predicted molar refractivity (Wildman–Crippen MR) is 76.5 cm³/mol. The summed E-state index contributed by atoms with van der Waals surface area (Å²) in [5.74, 6) is 0.867. The first-order valence-electron chi connectivity index (χ1n) is 7.44. The van der Waals surface area contributed by atoms with Gasteiger partial charge in [0.05, 0.1) is 6.04 Å². The second-order valence-corrected chi connectivity index (χ2v) is 6.45. The molecular formula is C15H30N2O. The molecule has 0 aromatic heterocycles. The summed E-state index contributed by atoms with van der Waals surface area (Å²) < 4.78 is 0. The Morgan fingerprint density at radius 1 is 1.28 bits per heavy atom. The molecule has 2 unspecified atom stereocenters. The molecule has 1 aliphatic carbocycles. The summed E-state index contributed by atoms with van der Waals surface area (Å²) in [6, 6.07) is 0.337. The molecule has 2 N–H and O–H groups in total. The summed E-state index contributed by atoms with van der Waals surface area (Å²) in [6.07, 6.45) is 6.26. The van der Waals surface area contributed by atoms with Gasteiger partial charge in [-0.15, -0.1) is 0 Å². The molecule has 1 rings (SSSR count). The van der Waals surface area contributed by atoms with Gasteiger partial charge in [-0.2, -0.15) is 0 Å². The van der Waals surface area contributed by atoms with E-state index in [4.69, 9.17) is 0 Å². The molecule has 0 spiro atoms. The van der Waals surface area contributed by atoms with Crippen molar-refractivity contribution in [3.8, 4) is 0 Å². The summed E-state index contributed by atoms with van der Waals surface area (Å²) in [5.41, 5.74) is -0.108. The van der Waals surface area contributed by atoms with Crippen LogP contribution in [0.1, 0.15) is 66.7 Å². The molecule has 0 aromatic carbocycles. The van der Waals surface area contributed by atoms with Crippen LogP contribution in [0.2, 0.25) is 0 Å². The molecule has 0 heterocycles. The molecule has 1 aliphatic rings. The van der Waals surface area contributed by atoms with E-state index in [0.29, 0.717) is 6.04 Å². The van der Waals surface area contributed by atoms with E-state index in [1.54, 1.807) is 0 Å². The average molecular weight is 254 g/mol. The van der Waals surface area contributed by atoms with Crippen molar-refractivity contribution >= 4 is 5.91 Å². The Hall–Kier alpha value is -0.570. The monoisotopic (exact) mass is 254 g/mol. The Bertz CT molecular complexity index is 270. The Balaban J connectivity index is 2.39. The van der Waals surface area contributed by atoms with Gasteiger partial charge in [0.2, 0.25) is 5.91 Å². The van der Waals surface area contributed by atoms with Crippen LogP contribution in [0.15, 0.2) is 0 Å². The molecule has 3 heteroatoms. The third-order valence-corrected chi connectivity index (χ3v) is 4.36. The first-order chi connectivity index (χ1) is 8.35. The number of nitrogens with one attached hydrogen (secondary N) is 2. The zero-order valence-electron chi connectivity index (χ0n) is 12.7. The first kappa shape index (κ1) is 15.5. The van der Waals surface area contributed by atoms with E-state index in [-0.39, 0.29) is 17.5 Å². The highest BCUT2D eigenvalue weighted by atomic mass is 16.2. The second-order valence-electron chi connectivity index (χ2n) is 6.45. The van der Waals surface area contributed by atoms with Crippen LogP contribution >= 0.6 is 0 Å². The highest BCUT2D eigenvalue weighted by molar-refractivity contribution is 5.82. The molecule has 1 saturated carbocycles. The third-order valence-electron chi connectivity index (χ3n) is 4.36. The zero-order chi connectivity index (χ0) is 13.8. The van der Waals surface area contributed by atoms with Gasteiger partial charge in [0, 0.05) is 11.6 Å². The Labute approximate surface area is 112 Å². The third kappa shape index (κ3) is 4.60. The van der Waals surface area contributed by atoms with Crippen LogP contribution in [0.25, 0.3) is 0 Å². The number of carbonyl (C=O) groups excluding carboxylic acids is 1. The summed E-state index contributed by atoms with van der Waals surface area (Å²) in [4.78, 5) is 12.1. The summed E-state index contributed by atoms with van der Waals surface area (Å²) in [7, 11) is 0. The van der Waals surface area contributed by atoms with E-state index < -0.39 is 0 Å². The summed E-state index contributed by atoms with van der Waals surface area (Å²) >= 11 is 0. The normalized spacial score (nSPS) is 20.7. The van der Waals surface area contributed by atoms with Crippen LogP contribution in [-0.2, 0) is 4.79 Å². The minimum absolute atomic E-state index is 0.105. The van der Waals surface area contributed by atoms with Gasteiger partial charge >= 0.3 is 0 Å². The molecule has 2 atom stereocenters. The van der Waals surface area contributed by atoms with Crippen LogP contribution in [0.4, 0.5) is 0 Å². The molecule has 0 aromatic rings. The van der Waals surface area contributed by atoms with Gasteiger partial charge in [-0.1, -0.05) is 19.8 Å². The first-order valence-corrected chi connectivity index (χ1v) is 7.44. The van der Waals surface area contributed by atoms with E-state index >= 15 is 0 Å². The van der Waals surface area contributed by atoms with Crippen molar-refractivity contribution in [1.82, 2.24) is 10.6 Å². The Morgan fingerprint density at radius 2 is 1.83 bits per heavy atom. The number of hydrogen-bond acceptors (Lipinski definition) is 2. The van der Waals surface area contributed by atoms with Crippen molar-refractivity contribution in [2.45, 2.75) is 84.3 Å². The molecule has 18 heavy (non-hydrogen) atoms. The maximum absolute atomic E-state index is 12.1. The molecule has 106 valence electrons. The Kier molecular flexibility index (Phi) is 5.64.